The van der Waals surface area contributed by atoms with Gasteiger partial charge in [-0.25, -0.2) is 9.18 Å². The standard InChI is InChI=1S/C17H20FNO5/c18-14-7-11(1-2-13(14)16(22)23)8-15(21)19-10-12(20)9-17(19)3-5-24-6-4-17/h1-2,7,12,20H,3-6,8-10H2,(H,22,23). The molecule has 0 aromatic heterocycles. The quantitative estimate of drug-likeness (QED) is 0.866. The zero-order valence-corrected chi connectivity index (χ0v) is 13.2. The van der Waals surface area contributed by atoms with E-state index in [2.05, 4.69) is 0 Å². The number of carboxylic acids is 1. The van der Waals surface area contributed by atoms with Gasteiger partial charge in [-0.05, 0) is 37.0 Å². The van der Waals surface area contributed by atoms with Gasteiger partial charge in [-0.2, -0.15) is 0 Å². The van der Waals surface area contributed by atoms with Gasteiger partial charge in [0.25, 0.3) is 0 Å². The molecule has 0 bridgehead atoms. The predicted molar refractivity (Wildman–Crippen MR) is 82.2 cm³/mol. The van der Waals surface area contributed by atoms with Gasteiger partial charge in [0, 0.05) is 25.3 Å². The number of halogens is 1. The van der Waals surface area contributed by atoms with Crippen molar-refractivity contribution in [2.24, 2.45) is 0 Å². The van der Waals surface area contributed by atoms with E-state index in [0.717, 1.165) is 6.07 Å². The minimum atomic E-state index is -1.34. The second kappa shape index (κ2) is 6.49. The van der Waals surface area contributed by atoms with E-state index in [1.807, 2.05) is 0 Å². The fourth-order valence-electron chi connectivity index (χ4n) is 3.72. The zero-order valence-electron chi connectivity index (χ0n) is 13.2. The molecule has 2 aliphatic rings. The first-order chi connectivity index (χ1) is 11.4. The van der Waals surface area contributed by atoms with Crippen LogP contribution in [0.4, 0.5) is 4.39 Å². The van der Waals surface area contributed by atoms with Crippen molar-refractivity contribution in [3.63, 3.8) is 0 Å². The average Bonchev–Trinajstić information content (AvgIpc) is 2.83. The Balaban J connectivity index is 1.76. The van der Waals surface area contributed by atoms with Gasteiger partial charge in [-0.1, -0.05) is 6.07 Å². The van der Waals surface area contributed by atoms with Crippen LogP contribution in [0.15, 0.2) is 18.2 Å². The van der Waals surface area contributed by atoms with Crippen molar-refractivity contribution in [2.75, 3.05) is 19.8 Å². The summed E-state index contributed by atoms with van der Waals surface area (Å²) in [5.41, 5.74) is -0.372. The van der Waals surface area contributed by atoms with Crippen LogP contribution in [0.25, 0.3) is 0 Å². The molecule has 1 aromatic carbocycles. The lowest BCUT2D eigenvalue weighted by Gasteiger charge is -2.41. The third-order valence-corrected chi connectivity index (χ3v) is 4.93. The van der Waals surface area contributed by atoms with E-state index in [4.69, 9.17) is 9.84 Å². The zero-order chi connectivity index (χ0) is 17.3. The highest BCUT2D eigenvalue weighted by Crippen LogP contribution is 2.38. The highest BCUT2D eigenvalue weighted by molar-refractivity contribution is 5.88. The van der Waals surface area contributed by atoms with Gasteiger partial charge in [0.05, 0.1) is 18.1 Å². The molecule has 1 spiro atoms. The van der Waals surface area contributed by atoms with Crippen molar-refractivity contribution in [1.29, 1.82) is 0 Å². The minimum absolute atomic E-state index is 0.0217. The van der Waals surface area contributed by atoms with E-state index >= 15 is 0 Å². The molecule has 1 aromatic rings. The lowest BCUT2D eigenvalue weighted by atomic mass is 9.86. The molecular formula is C17H20FNO5. The van der Waals surface area contributed by atoms with Gasteiger partial charge in [-0.3, -0.25) is 4.79 Å². The van der Waals surface area contributed by atoms with Crippen LogP contribution in [0, 0.1) is 5.82 Å². The van der Waals surface area contributed by atoms with Crippen LogP contribution in [0.5, 0.6) is 0 Å². The van der Waals surface area contributed by atoms with E-state index in [9.17, 15) is 19.1 Å². The molecule has 2 saturated heterocycles. The Bertz CT molecular complexity index is 656. The molecule has 0 aliphatic carbocycles. The molecule has 1 amide bonds. The number of ether oxygens (including phenoxy) is 1. The molecule has 1 atom stereocenters. The Hall–Kier alpha value is -1.99. The molecule has 3 rings (SSSR count). The second-order valence-electron chi connectivity index (χ2n) is 6.50. The lowest BCUT2D eigenvalue weighted by molar-refractivity contribution is -0.138. The molecule has 6 nitrogen and oxygen atoms in total. The largest absolute Gasteiger partial charge is 0.478 e. The third kappa shape index (κ3) is 3.14. The van der Waals surface area contributed by atoms with Crippen molar-refractivity contribution in [2.45, 2.75) is 37.3 Å². The first kappa shape index (κ1) is 16.9. The monoisotopic (exact) mass is 337 g/mol. The summed E-state index contributed by atoms with van der Waals surface area (Å²) in [7, 11) is 0. The van der Waals surface area contributed by atoms with Crippen LogP contribution in [0.1, 0.15) is 35.2 Å². The minimum Gasteiger partial charge on any atom is -0.478 e. The number of β-amino-alcohol motifs (C(OH)–C–C–N with tert-alkyl or cyclic N) is 1. The molecule has 2 N–H and O–H groups in total. The molecule has 1 unspecified atom stereocenters. The number of carboxylic acid groups (broad SMARTS) is 1. The summed E-state index contributed by atoms with van der Waals surface area (Å²) in [6, 6.07) is 3.71. The Morgan fingerprint density at radius 3 is 2.67 bits per heavy atom. The Labute approximate surface area is 138 Å². The molecule has 7 heteroatoms. The first-order valence-corrected chi connectivity index (χ1v) is 7.99. The number of aliphatic hydroxyl groups excluding tert-OH is 1. The Morgan fingerprint density at radius 1 is 1.33 bits per heavy atom. The Kier molecular flexibility index (Phi) is 4.56. The molecule has 24 heavy (non-hydrogen) atoms. The number of aromatic carboxylic acids is 1. The van der Waals surface area contributed by atoms with Crippen LogP contribution in [0.2, 0.25) is 0 Å². The topological polar surface area (TPSA) is 87.1 Å². The Morgan fingerprint density at radius 2 is 2.04 bits per heavy atom. The molecule has 0 radical (unpaired) electrons. The number of aliphatic hydroxyl groups is 1. The van der Waals surface area contributed by atoms with E-state index in [1.54, 1.807) is 4.90 Å². The number of carbonyl (C=O) groups excluding carboxylic acids is 1. The van der Waals surface area contributed by atoms with E-state index in [1.165, 1.54) is 12.1 Å². The van der Waals surface area contributed by atoms with Crippen LogP contribution in [-0.2, 0) is 16.0 Å². The molecule has 2 heterocycles. The van der Waals surface area contributed by atoms with E-state index in [-0.39, 0.29) is 24.4 Å². The van der Waals surface area contributed by atoms with Crippen molar-refractivity contribution in [1.82, 2.24) is 4.90 Å². The van der Waals surface area contributed by atoms with Crippen LogP contribution < -0.4 is 0 Å². The fourth-order valence-corrected chi connectivity index (χ4v) is 3.72. The summed E-state index contributed by atoms with van der Waals surface area (Å²) in [5.74, 6) is -2.37. The van der Waals surface area contributed by atoms with Crippen molar-refractivity contribution in [3.05, 3.63) is 35.1 Å². The highest BCUT2D eigenvalue weighted by atomic mass is 19.1. The van der Waals surface area contributed by atoms with Gasteiger partial charge >= 0.3 is 5.97 Å². The summed E-state index contributed by atoms with van der Waals surface area (Å²) in [5, 5.41) is 18.9. The number of hydrogen-bond donors (Lipinski definition) is 2. The molecule has 2 aliphatic heterocycles. The number of rotatable bonds is 3. The maximum atomic E-state index is 13.8. The maximum Gasteiger partial charge on any atom is 0.338 e. The number of carbonyl (C=O) groups is 2. The average molecular weight is 337 g/mol. The van der Waals surface area contributed by atoms with Crippen LogP contribution in [0.3, 0.4) is 0 Å². The summed E-state index contributed by atoms with van der Waals surface area (Å²) in [6.45, 7) is 1.38. The number of hydrogen-bond acceptors (Lipinski definition) is 4. The lowest BCUT2D eigenvalue weighted by Crippen LogP contribution is -2.51. The molecular weight excluding hydrogens is 317 g/mol. The third-order valence-electron chi connectivity index (χ3n) is 4.93. The predicted octanol–water partition coefficient (Wildman–Crippen LogP) is 1.21. The van der Waals surface area contributed by atoms with Gasteiger partial charge in [0.2, 0.25) is 5.91 Å². The summed E-state index contributed by atoms with van der Waals surface area (Å²) in [6.07, 6.45) is 1.32. The SMILES string of the molecule is O=C(O)c1ccc(CC(=O)N2CC(O)CC23CCOCC3)cc1F. The van der Waals surface area contributed by atoms with Crippen molar-refractivity contribution < 1.29 is 28.9 Å². The number of benzene rings is 1. The summed E-state index contributed by atoms with van der Waals surface area (Å²) in [4.78, 5) is 25.2. The molecule has 130 valence electrons. The second-order valence-corrected chi connectivity index (χ2v) is 6.50. The van der Waals surface area contributed by atoms with Gasteiger partial charge in [0.15, 0.2) is 0 Å². The first-order valence-electron chi connectivity index (χ1n) is 7.99. The summed E-state index contributed by atoms with van der Waals surface area (Å²) < 4.78 is 19.1. The van der Waals surface area contributed by atoms with E-state index < -0.39 is 23.5 Å². The van der Waals surface area contributed by atoms with E-state index in [0.29, 0.717) is 38.0 Å². The fraction of sp³-hybridized carbons (Fsp3) is 0.529. The van der Waals surface area contributed by atoms with Gasteiger partial charge < -0.3 is 19.8 Å². The number of amides is 1. The van der Waals surface area contributed by atoms with Crippen molar-refractivity contribution >= 4 is 11.9 Å². The maximum absolute atomic E-state index is 13.8. The smallest absolute Gasteiger partial charge is 0.338 e. The number of likely N-dealkylation sites (tertiary alicyclic amines) is 1. The van der Waals surface area contributed by atoms with Crippen LogP contribution >= 0.6 is 0 Å². The van der Waals surface area contributed by atoms with Crippen molar-refractivity contribution in [3.8, 4) is 0 Å². The van der Waals surface area contributed by atoms with Crippen LogP contribution in [-0.4, -0.2) is 58.4 Å². The number of nitrogens with zero attached hydrogens (tertiary/aromatic N) is 1. The van der Waals surface area contributed by atoms with Gasteiger partial charge in [-0.15, -0.1) is 0 Å². The normalized spacial score (nSPS) is 22.8. The van der Waals surface area contributed by atoms with Gasteiger partial charge in [0.1, 0.15) is 5.82 Å². The molecule has 2 fully saturated rings. The molecule has 0 saturated carbocycles. The highest BCUT2D eigenvalue weighted by Gasteiger charge is 2.47. The summed E-state index contributed by atoms with van der Waals surface area (Å²) >= 11 is 0.